The lowest BCUT2D eigenvalue weighted by molar-refractivity contribution is -0.117. The summed E-state index contributed by atoms with van der Waals surface area (Å²) in [5.41, 5.74) is 1.53. The number of benzene rings is 2. The number of carbonyl (C=O) groups is 1. The number of ether oxygens (including phenoxy) is 3. The molecular weight excluding hydrogens is 410 g/mol. The molecule has 0 saturated carbocycles. The van der Waals surface area contributed by atoms with Crippen LogP contribution in [0.4, 0.5) is 5.69 Å². The predicted molar refractivity (Wildman–Crippen MR) is 119 cm³/mol. The standard InChI is InChI=1S/C24H27N3O5/c1-4-5-10-31-19-8-6-16(7-9-19)24-25-23(26-32-24)17-11-22(28)27(15-17)18-12-20(29-2)14-21(13-18)30-3/h6-9,12-14,17H,4-5,10-11,15H2,1-3H3. The second-order valence-corrected chi connectivity index (χ2v) is 7.66. The zero-order valence-corrected chi connectivity index (χ0v) is 18.5. The molecule has 32 heavy (non-hydrogen) atoms. The Labute approximate surface area is 187 Å². The van der Waals surface area contributed by atoms with Gasteiger partial charge in [-0.15, -0.1) is 0 Å². The first-order valence-corrected chi connectivity index (χ1v) is 10.7. The Kier molecular flexibility index (Phi) is 6.58. The van der Waals surface area contributed by atoms with E-state index in [1.54, 1.807) is 25.2 Å². The summed E-state index contributed by atoms with van der Waals surface area (Å²) >= 11 is 0. The third-order valence-corrected chi connectivity index (χ3v) is 5.45. The van der Waals surface area contributed by atoms with Gasteiger partial charge in [0, 0.05) is 42.6 Å². The van der Waals surface area contributed by atoms with Crippen molar-refractivity contribution in [1.29, 1.82) is 0 Å². The second kappa shape index (κ2) is 9.72. The van der Waals surface area contributed by atoms with Gasteiger partial charge in [-0.05, 0) is 30.7 Å². The van der Waals surface area contributed by atoms with Crippen molar-refractivity contribution in [2.45, 2.75) is 32.1 Å². The summed E-state index contributed by atoms with van der Waals surface area (Å²) in [7, 11) is 3.16. The largest absolute Gasteiger partial charge is 0.497 e. The monoisotopic (exact) mass is 437 g/mol. The molecule has 168 valence electrons. The fourth-order valence-electron chi connectivity index (χ4n) is 3.62. The van der Waals surface area contributed by atoms with E-state index in [1.807, 2.05) is 36.4 Å². The van der Waals surface area contributed by atoms with E-state index in [9.17, 15) is 4.79 Å². The maximum absolute atomic E-state index is 12.7. The number of hydrogen-bond donors (Lipinski definition) is 0. The van der Waals surface area contributed by atoms with Gasteiger partial charge in [-0.2, -0.15) is 4.98 Å². The Morgan fingerprint density at radius 3 is 2.44 bits per heavy atom. The number of anilines is 1. The average Bonchev–Trinajstić information content (AvgIpc) is 3.46. The Hall–Kier alpha value is -3.55. The molecule has 1 aliphatic heterocycles. The van der Waals surface area contributed by atoms with Crippen LogP contribution in [0.25, 0.3) is 11.5 Å². The van der Waals surface area contributed by atoms with E-state index in [2.05, 4.69) is 17.1 Å². The molecule has 0 spiro atoms. The van der Waals surface area contributed by atoms with Crippen molar-refractivity contribution in [3.63, 3.8) is 0 Å². The number of aromatic nitrogens is 2. The highest BCUT2D eigenvalue weighted by molar-refractivity contribution is 5.96. The molecule has 1 amide bonds. The van der Waals surface area contributed by atoms with Crippen molar-refractivity contribution in [3.8, 4) is 28.7 Å². The summed E-state index contributed by atoms with van der Waals surface area (Å²) in [5, 5.41) is 4.14. The molecule has 1 aliphatic rings. The maximum atomic E-state index is 12.7. The van der Waals surface area contributed by atoms with Crippen LogP contribution in [0.15, 0.2) is 47.0 Å². The first-order chi connectivity index (χ1) is 15.6. The smallest absolute Gasteiger partial charge is 0.257 e. The molecule has 2 aromatic carbocycles. The lowest BCUT2D eigenvalue weighted by Crippen LogP contribution is -2.24. The Balaban J connectivity index is 1.47. The van der Waals surface area contributed by atoms with Gasteiger partial charge in [-0.25, -0.2) is 0 Å². The molecule has 2 heterocycles. The summed E-state index contributed by atoms with van der Waals surface area (Å²) < 4.78 is 21.8. The van der Waals surface area contributed by atoms with E-state index in [0.717, 1.165) is 29.8 Å². The minimum absolute atomic E-state index is 0.00904. The second-order valence-electron chi connectivity index (χ2n) is 7.66. The quantitative estimate of drug-likeness (QED) is 0.457. The molecule has 4 rings (SSSR count). The third kappa shape index (κ3) is 4.69. The van der Waals surface area contributed by atoms with Crippen molar-refractivity contribution in [3.05, 3.63) is 48.3 Å². The third-order valence-electron chi connectivity index (χ3n) is 5.45. The van der Waals surface area contributed by atoms with Gasteiger partial charge in [0.15, 0.2) is 5.82 Å². The van der Waals surface area contributed by atoms with E-state index in [4.69, 9.17) is 18.7 Å². The van der Waals surface area contributed by atoms with Gasteiger partial charge >= 0.3 is 0 Å². The summed E-state index contributed by atoms with van der Waals surface area (Å²) in [6, 6.07) is 13.0. The summed E-state index contributed by atoms with van der Waals surface area (Å²) in [4.78, 5) is 19.0. The van der Waals surface area contributed by atoms with Gasteiger partial charge in [0.1, 0.15) is 17.2 Å². The predicted octanol–water partition coefficient (Wildman–Crippen LogP) is 4.45. The molecule has 8 nitrogen and oxygen atoms in total. The van der Waals surface area contributed by atoms with Crippen LogP contribution in [-0.4, -0.2) is 43.4 Å². The molecule has 1 fully saturated rings. The maximum Gasteiger partial charge on any atom is 0.257 e. The first kappa shape index (κ1) is 21.7. The highest BCUT2D eigenvalue weighted by atomic mass is 16.5. The fraction of sp³-hybridized carbons (Fsp3) is 0.375. The number of hydrogen-bond acceptors (Lipinski definition) is 7. The molecule has 1 saturated heterocycles. The van der Waals surface area contributed by atoms with Crippen LogP contribution in [0.2, 0.25) is 0 Å². The normalized spacial score (nSPS) is 15.8. The zero-order valence-electron chi connectivity index (χ0n) is 18.5. The Bertz CT molecular complexity index is 1040. The van der Waals surface area contributed by atoms with E-state index in [1.165, 1.54) is 0 Å². The molecule has 0 aliphatic carbocycles. The van der Waals surface area contributed by atoms with Crippen LogP contribution in [-0.2, 0) is 4.79 Å². The molecular formula is C24H27N3O5. The highest BCUT2D eigenvalue weighted by Gasteiger charge is 2.35. The number of rotatable bonds is 9. The molecule has 8 heteroatoms. The number of unbranched alkanes of at least 4 members (excludes halogenated alkanes) is 1. The molecule has 0 N–H and O–H groups in total. The van der Waals surface area contributed by atoms with Gasteiger partial charge in [0.2, 0.25) is 5.91 Å². The zero-order chi connectivity index (χ0) is 22.5. The van der Waals surface area contributed by atoms with Crippen LogP contribution < -0.4 is 19.1 Å². The Morgan fingerprint density at radius 2 is 1.78 bits per heavy atom. The summed E-state index contributed by atoms with van der Waals surface area (Å²) in [6.07, 6.45) is 2.42. The summed E-state index contributed by atoms with van der Waals surface area (Å²) in [5.74, 6) is 2.84. The SMILES string of the molecule is CCCCOc1ccc(-c2nc(C3CC(=O)N(c4cc(OC)cc(OC)c4)C3)no2)cc1. The molecule has 0 bridgehead atoms. The fourth-order valence-corrected chi connectivity index (χ4v) is 3.62. The molecule has 3 aromatic rings. The van der Waals surface area contributed by atoms with Crippen molar-refractivity contribution in [1.82, 2.24) is 10.1 Å². The lowest BCUT2D eigenvalue weighted by atomic mass is 10.1. The minimum Gasteiger partial charge on any atom is -0.497 e. The minimum atomic E-state index is -0.158. The molecule has 1 unspecified atom stereocenters. The van der Waals surface area contributed by atoms with Gasteiger partial charge in [-0.1, -0.05) is 18.5 Å². The Morgan fingerprint density at radius 1 is 1.06 bits per heavy atom. The number of nitrogens with zero attached hydrogens (tertiary/aromatic N) is 3. The van der Waals surface area contributed by atoms with E-state index >= 15 is 0 Å². The van der Waals surface area contributed by atoms with Gasteiger partial charge in [0.25, 0.3) is 5.89 Å². The molecule has 1 atom stereocenters. The van der Waals surface area contributed by atoms with Crippen LogP contribution in [0.5, 0.6) is 17.2 Å². The van der Waals surface area contributed by atoms with Crippen molar-refractivity contribution >= 4 is 11.6 Å². The topological polar surface area (TPSA) is 86.9 Å². The van der Waals surface area contributed by atoms with Crippen molar-refractivity contribution < 1.29 is 23.5 Å². The molecule has 1 aromatic heterocycles. The number of methoxy groups -OCH3 is 2. The lowest BCUT2D eigenvalue weighted by Gasteiger charge is -2.18. The number of carbonyl (C=O) groups excluding carboxylic acids is 1. The van der Waals surface area contributed by atoms with Gasteiger partial charge < -0.3 is 23.6 Å². The van der Waals surface area contributed by atoms with Crippen LogP contribution in [0.1, 0.15) is 37.9 Å². The first-order valence-electron chi connectivity index (χ1n) is 10.7. The molecule has 0 radical (unpaired) electrons. The van der Waals surface area contributed by atoms with E-state index in [-0.39, 0.29) is 11.8 Å². The van der Waals surface area contributed by atoms with Crippen LogP contribution in [0, 0.1) is 0 Å². The van der Waals surface area contributed by atoms with E-state index < -0.39 is 0 Å². The van der Waals surface area contributed by atoms with Gasteiger partial charge in [-0.3, -0.25) is 4.79 Å². The van der Waals surface area contributed by atoms with Gasteiger partial charge in [0.05, 0.1) is 26.5 Å². The average molecular weight is 437 g/mol. The number of amides is 1. The van der Waals surface area contributed by atoms with Crippen LogP contribution >= 0.6 is 0 Å². The summed E-state index contributed by atoms with van der Waals surface area (Å²) in [6.45, 7) is 3.29. The van der Waals surface area contributed by atoms with Crippen molar-refractivity contribution in [2.24, 2.45) is 0 Å². The van der Waals surface area contributed by atoms with Crippen molar-refractivity contribution in [2.75, 3.05) is 32.3 Å². The highest BCUT2D eigenvalue weighted by Crippen LogP contribution is 2.35. The van der Waals surface area contributed by atoms with E-state index in [0.29, 0.717) is 42.8 Å². The van der Waals surface area contributed by atoms with Crippen LogP contribution in [0.3, 0.4) is 0 Å².